The Hall–Kier alpha value is -2.07. The minimum absolute atomic E-state index is 0.106. The maximum atomic E-state index is 12.4. The van der Waals surface area contributed by atoms with Gasteiger partial charge < -0.3 is 16.0 Å². The van der Waals surface area contributed by atoms with Crippen molar-refractivity contribution in [2.24, 2.45) is 5.73 Å². The van der Waals surface area contributed by atoms with Crippen LogP contribution in [0, 0.1) is 11.3 Å². The Labute approximate surface area is 147 Å². The molecule has 0 spiro atoms. The summed E-state index contributed by atoms with van der Waals surface area (Å²) in [6.07, 6.45) is 1.47. The zero-order valence-electron chi connectivity index (χ0n) is 13.5. The van der Waals surface area contributed by atoms with E-state index >= 15 is 0 Å². The van der Waals surface area contributed by atoms with E-state index in [2.05, 4.69) is 10.2 Å². The SMILES string of the molecule is N#C/C(=C/NCc1ccccc1Cl)C(=O)N1CCN(CCN)CC1. The molecule has 1 aromatic rings. The largest absolute Gasteiger partial charge is 0.386 e. The Morgan fingerprint density at radius 3 is 2.67 bits per heavy atom. The van der Waals surface area contributed by atoms with Crippen molar-refractivity contribution >= 4 is 17.5 Å². The van der Waals surface area contributed by atoms with Crippen molar-refractivity contribution in [1.82, 2.24) is 15.1 Å². The molecule has 0 radical (unpaired) electrons. The number of hydrogen-bond acceptors (Lipinski definition) is 5. The monoisotopic (exact) mass is 347 g/mol. The highest BCUT2D eigenvalue weighted by Gasteiger charge is 2.23. The molecule has 1 aliphatic rings. The predicted molar refractivity (Wildman–Crippen MR) is 94.1 cm³/mol. The zero-order chi connectivity index (χ0) is 17.4. The van der Waals surface area contributed by atoms with Crippen LogP contribution in [-0.4, -0.2) is 55.0 Å². The van der Waals surface area contributed by atoms with E-state index in [1.165, 1.54) is 6.20 Å². The quantitative estimate of drug-likeness (QED) is 0.591. The first kappa shape index (κ1) is 18.3. The lowest BCUT2D eigenvalue weighted by atomic mass is 10.2. The van der Waals surface area contributed by atoms with E-state index in [1.807, 2.05) is 24.3 Å². The molecule has 24 heavy (non-hydrogen) atoms. The summed E-state index contributed by atoms with van der Waals surface area (Å²) >= 11 is 6.08. The number of nitriles is 1. The Bertz CT molecular complexity index is 632. The van der Waals surface area contributed by atoms with E-state index in [-0.39, 0.29) is 11.5 Å². The van der Waals surface area contributed by atoms with E-state index < -0.39 is 0 Å². The normalized spacial score (nSPS) is 15.9. The van der Waals surface area contributed by atoms with Crippen molar-refractivity contribution in [1.29, 1.82) is 5.26 Å². The number of amides is 1. The lowest BCUT2D eigenvalue weighted by Gasteiger charge is -2.34. The van der Waals surface area contributed by atoms with Gasteiger partial charge in [0.15, 0.2) is 0 Å². The van der Waals surface area contributed by atoms with Crippen LogP contribution in [0.1, 0.15) is 5.56 Å². The van der Waals surface area contributed by atoms with Crippen LogP contribution < -0.4 is 11.1 Å². The molecule has 0 aromatic heterocycles. The molecular weight excluding hydrogens is 326 g/mol. The highest BCUT2D eigenvalue weighted by Crippen LogP contribution is 2.14. The first-order valence-corrected chi connectivity index (χ1v) is 8.32. The van der Waals surface area contributed by atoms with Gasteiger partial charge in [0.1, 0.15) is 11.6 Å². The molecule has 1 saturated heterocycles. The highest BCUT2D eigenvalue weighted by molar-refractivity contribution is 6.31. The zero-order valence-corrected chi connectivity index (χ0v) is 14.3. The van der Waals surface area contributed by atoms with Gasteiger partial charge in [0.05, 0.1) is 0 Å². The number of nitrogens with two attached hydrogens (primary N) is 1. The fraction of sp³-hybridized carbons (Fsp3) is 0.412. The second-order valence-corrected chi connectivity index (χ2v) is 5.97. The average molecular weight is 348 g/mol. The van der Waals surface area contributed by atoms with Crippen molar-refractivity contribution in [2.45, 2.75) is 6.54 Å². The second kappa shape index (κ2) is 9.28. The number of carbonyl (C=O) groups excluding carboxylic acids is 1. The fourth-order valence-corrected chi connectivity index (χ4v) is 2.78. The summed E-state index contributed by atoms with van der Waals surface area (Å²) in [5.74, 6) is -0.239. The number of piperazine rings is 1. The summed E-state index contributed by atoms with van der Waals surface area (Å²) in [5.41, 5.74) is 6.56. The molecule has 7 heteroatoms. The molecule has 0 bridgehead atoms. The fourth-order valence-electron chi connectivity index (χ4n) is 2.57. The van der Waals surface area contributed by atoms with Crippen LogP contribution in [0.2, 0.25) is 5.02 Å². The number of rotatable bonds is 6. The van der Waals surface area contributed by atoms with Crippen LogP contribution in [-0.2, 0) is 11.3 Å². The summed E-state index contributed by atoms with van der Waals surface area (Å²) in [4.78, 5) is 16.4. The molecule has 1 fully saturated rings. The molecular formula is C17H22ClN5O. The Kier molecular flexibility index (Phi) is 7.07. The lowest BCUT2D eigenvalue weighted by Crippen LogP contribution is -2.50. The van der Waals surface area contributed by atoms with Gasteiger partial charge in [0.25, 0.3) is 5.91 Å². The summed E-state index contributed by atoms with van der Waals surface area (Å²) in [5, 5.41) is 12.9. The van der Waals surface area contributed by atoms with Crippen molar-refractivity contribution < 1.29 is 4.79 Å². The van der Waals surface area contributed by atoms with Gasteiger partial charge in [-0.05, 0) is 11.6 Å². The molecule has 128 valence electrons. The average Bonchev–Trinajstić information content (AvgIpc) is 2.61. The Morgan fingerprint density at radius 2 is 2.04 bits per heavy atom. The summed E-state index contributed by atoms with van der Waals surface area (Å²) < 4.78 is 0. The number of nitrogens with one attached hydrogen (secondary N) is 1. The van der Waals surface area contributed by atoms with Crippen LogP contribution in [0.4, 0.5) is 0 Å². The third-order valence-corrected chi connectivity index (χ3v) is 4.32. The third kappa shape index (κ3) is 4.96. The van der Waals surface area contributed by atoms with E-state index in [0.717, 1.165) is 25.2 Å². The van der Waals surface area contributed by atoms with Crippen molar-refractivity contribution in [3.8, 4) is 6.07 Å². The van der Waals surface area contributed by atoms with Crippen molar-refractivity contribution in [2.75, 3.05) is 39.3 Å². The summed E-state index contributed by atoms with van der Waals surface area (Å²) in [7, 11) is 0. The summed E-state index contributed by atoms with van der Waals surface area (Å²) in [6, 6.07) is 9.43. The summed E-state index contributed by atoms with van der Waals surface area (Å²) in [6.45, 7) is 4.71. The van der Waals surface area contributed by atoms with Crippen LogP contribution in [0.15, 0.2) is 36.0 Å². The van der Waals surface area contributed by atoms with Crippen LogP contribution in [0.3, 0.4) is 0 Å². The van der Waals surface area contributed by atoms with E-state index in [1.54, 1.807) is 11.0 Å². The van der Waals surface area contributed by atoms with Gasteiger partial charge in [0, 0.05) is 57.0 Å². The molecule has 0 atom stereocenters. The molecule has 1 aliphatic heterocycles. The molecule has 1 aromatic carbocycles. The van der Waals surface area contributed by atoms with Crippen LogP contribution in [0.5, 0.6) is 0 Å². The van der Waals surface area contributed by atoms with E-state index in [9.17, 15) is 10.1 Å². The molecule has 1 heterocycles. The van der Waals surface area contributed by atoms with Crippen molar-refractivity contribution in [3.05, 3.63) is 46.6 Å². The topological polar surface area (TPSA) is 85.4 Å². The van der Waals surface area contributed by atoms with Gasteiger partial charge in [-0.25, -0.2) is 0 Å². The standard InChI is InChI=1S/C17H22ClN5O/c18-16-4-2-1-3-14(16)12-21-13-15(11-20)17(24)23-9-7-22(6-5-19)8-10-23/h1-4,13,21H,5-10,12,19H2/b15-13-. The number of benzene rings is 1. The molecule has 0 unspecified atom stereocenters. The molecule has 2 rings (SSSR count). The Balaban J connectivity index is 1.90. The van der Waals surface area contributed by atoms with Gasteiger partial charge in [0.2, 0.25) is 0 Å². The number of nitrogens with zero attached hydrogens (tertiary/aromatic N) is 3. The van der Waals surface area contributed by atoms with Gasteiger partial charge in [-0.3, -0.25) is 9.69 Å². The van der Waals surface area contributed by atoms with E-state index in [0.29, 0.717) is 31.2 Å². The van der Waals surface area contributed by atoms with Gasteiger partial charge in [-0.15, -0.1) is 0 Å². The molecule has 6 nitrogen and oxygen atoms in total. The van der Waals surface area contributed by atoms with Gasteiger partial charge in [-0.1, -0.05) is 29.8 Å². The molecule has 1 amide bonds. The molecule has 3 N–H and O–H groups in total. The van der Waals surface area contributed by atoms with Gasteiger partial charge >= 0.3 is 0 Å². The van der Waals surface area contributed by atoms with Crippen LogP contribution in [0.25, 0.3) is 0 Å². The smallest absolute Gasteiger partial charge is 0.266 e. The third-order valence-electron chi connectivity index (χ3n) is 3.95. The minimum atomic E-state index is -0.239. The first-order chi connectivity index (χ1) is 11.7. The second-order valence-electron chi connectivity index (χ2n) is 5.56. The minimum Gasteiger partial charge on any atom is -0.386 e. The Morgan fingerprint density at radius 1 is 1.33 bits per heavy atom. The van der Waals surface area contributed by atoms with Crippen molar-refractivity contribution in [3.63, 3.8) is 0 Å². The number of carbonyl (C=O) groups is 1. The van der Waals surface area contributed by atoms with Crippen LogP contribution >= 0.6 is 11.6 Å². The predicted octanol–water partition coefficient (Wildman–Crippen LogP) is 0.940. The molecule has 0 saturated carbocycles. The maximum Gasteiger partial charge on any atom is 0.266 e. The number of halogens is 1. The number of hydrogen-bond donors (Lipinski definition) is 2. The first-order valence-electron chi connectivity index (χ1n) is 7.94. The van der Waals surface area contributed by atoms with Gasteiger partial charge in [-0.2, -0.15) is 5.26 Å². The molecule has 0 aliphatic carbocycles. The maximum absolute atomic E-state index is 12.4. The van der Waals surface area contributed by atoms with E-state index in [4.69, 9.17) is 17.3 Å². The lowest BCUT2D eigenvalue weighted by molar-refractivity contribution is -0.128. The highest BCUT2D eigenvalue weighted by atomic mass is 35.5.